The van der Waals surface area contributed by atoms with Gasteiger partial charge in [0.2, 0.25) is 0 Å². The minimum Gasteiger partial charge on any atom is -0.383 e. The standard InChI is InChI=1S/C12H19N5P2/c1-3-4-9(16-19-18)6-17-5-8(2)10-11(13)14-7-15-12(10)17/h3,5,7,9,16,19H,1,4,6,18H2,2H3,(H2,13,14,15). The number of aryl methyl sites for hydroxylation is 1. The van der Waals surface area contributed by atoms with Gasteiger partial charge in [-0.25, -0.2) is 9.97 Å². The minimum atomic E-state index is 0.347. The van der Waals surface area contributed by atoms with Crippen LogP contribution in [0.5, 0.6) is 0 Å². The first kappa shape index (κ1) is 14.4. The molecule has 3 N–H and O–H groups in total. The van der Waals surface area contributed by atoms with Gasteiger partial charge in [0.1, 0.15) is 17.8 Å². The Balaban J connectivity index is 2.34. The van der Waals surface area contributed by atoms with Crippen LogP contribution in [0, 0.1) is 6.92 Å². The Kier molecular flexibility index (Phi) is 4.87. The molecule has 0 saturated carbocycles. The van der Waals surface area contributed by atoms with E-state index in [1.165, 1.54) is 6.33 Å². The molecule has 3 unspecified atom stereocenters. The molecule has 102 valence electrons. The van der Waals surface area contributed by atoms with E-state index >= 15 is 0 Å². The average Bonchev–Trinajstić information content (AvgIpc) is 2.68. The second-order valence-electron chi connectivity index (χ2n) is 4.43. The lowest BCUT2D eigenvalue weighted by Crippen LogP contribution is -2.26. The summed E-state index contributed by atoms with van der Waals surface area (Å²) in [4.78, 5) is 8.40. The van der Waals surface area contributed by atoms with Gasteiger partial charge in [-0.3, -0.25) is 5.09 Å². The maximum Gasteiger partial charge on any atom is 0.145 e. The van der Waals surface area contributed by atoms with Gasteiger partial charge in [0.25, 0.3) is 0 Å². The third-order valence-corrected chi connectivity index (χ3v) is 4.10. The molecular formula is C12H19N5P2. The van der Waals surface area contributed by atoms with E-state index in [0.717, 1.165) is 29.6 Å². The van der Waals surface area contributed by atoms with Crippen LogP contribution in [0.1, 0.15) is 12.0 Å². The molecule has 3 atom stereocenters. The largest absolute Gasteiger partial charge is 0.383 e. The van der Waals surface area contributed by atoms with Crippen LogP contribution in [0.15, 0.2) is 25.2 Å². The summed E-state index contributed by atoms with van der Waals surface area (Å²) in [5.41, 5.74) is 7.93. The number of hydrogen-bond donors (Lipinski definition) is 2. The highest BCUT2D eigenvalue weighted by molar-refractivity contribution is 8.01. The molecule has 0 saturated heterocycles. The normalized spacial score (nSPS) is 13.4. The summed E-state index contributed by atoms with van der Waals surface area (Å²) in [5.74, 6) is 0.544. The van der Waals surface area contributed by atoms with E-state index in [-0.39, 0.29) is 0 Å². The van der Waals surface area contributed by atoms with Crippen LogP contribution in [0.2, 0.25) is 0 Å². The second kappa shape index (κ2) is 6.42. The molecule has 5 nitrogen and oxygen atoms in total. The maximum atomic E-state index is 5.92. The van der Waals surface area contributed by atoms with E-state index in [2.05, 4.69) is 41.3 Å². The maximum absolute atomic E-state index is 5.92. The van der Waals surface area contributed by atoms with Crippen molar-refractivity contribution in [3.05, 3.63) is 30.7 Å². The van der Waals surface area contributed by atoms with Crippen molar-refractivity contribution in [2.24, 2.45) is 0 Å². The van der Waals surface area contributed by atoms with Gasteiger partial charge < -0.3 is 10.3 Å². The van der Waals surface area contributed by atoms with Crippen molar-refractivity contribution in [2.45, 2.75) is 25.9 Å². The Morgan fingerprint density at radius 2 is 2.42 bits per heavy atom. The summed E-state index contributed by atoms with van der Waals surface area (Å²) in [6.07, 6.45) is 6.45. The number of nitrogen functional groups attached to an aromatic ring is 1. The fraction of sp³-hybridized carbons (Fsp3) is 0.333. The number of rotatable bonds is 6. The van der Waals surface area contributed by atoms with Crippen molar-refractivity contribution in [1.82, 2.24) is 19.6 Å². The first-order chi connectivity index (χ1) is 9.17. The lowest BCUT2D eigenvalue weighted by Gasteiger charge is -2.17. The summed E-state index contributed by atoms with van der Waals surface area (Å²) in [6, 6.07) is 0.347. The van der Waals surface area contributed by atoms with Gasteiger partial charge in [0.05, 0.1) is 5.39 Å². The molecule has 0 aliphatic carbocycles. The summed E-state index contributed by atoms with van der Waals surface area (Å²) in [5, 5.41) is 4.40. The van der Waals surface area contributed by atoms with Crippen molar-refractivity contribution < 1.29 is 0 Å². The molecule has 0 bridgehead atoms. The number of nitrogens with one attached hydrogen (secondary N) is 1. The minimum absolute atomic E-state index is 0.347. The molecule has 2 rings (SSSR count). The van der Waals surface area contributed by atoms with Crippen LogP contribution in [0.3, 0.4) is 0 Å². The van der Waals surface area contributed by atoms with Gasteiger partial charge in [-0.15, -0.1) is 6.58 Å². The smallest absolute Gasteiger partial charge is 0.145 e. The first-order valence-corrected chi connectivity index (χ1v) is 8.86. The molecular weight excluding hydrogens is 276 g/mol. The van der Waals surface area contributed by atoms with Crippen LogP contribution in [0.25, 0.3) is 11.0 Å². The lowest BCUT2D eigenvalue weighted by molar-refractivity contribution is 0.538. The Labute approximate surface area is 117 Å². The van der Waals surface area contributed by atoms with Gasteiger partial charge >= 0.3 is 0 Å². The van der Waals surface area contributed by atoms with Crippen LogP contribution < -0.4 is 10.8 Å². The van der Waals surface area contributed by atoms with E-state index in [1.807, 2.05) is 13.0 Å². The second-order valence-corrected chi connectivity index (χ2v) is 5.88. The molecule has 0 spiro atoms. The van der Waals surface area contributed by atoms with E-state index in [4.69, 9.17) is 5.73 Å². The van der Waals surface area contributed by atoms with Gasteiger partial charge in [-0.2, -0.15) is 0 Å². The van der Waals surface area contributed by atoms with Crippen molar-refractivity contribution in [3.63, 3.8) is 0 Å². The molecule has 0 radical (unpaired) electrons. The van der Waals surface area contributed by atoms with Crippen molar-refractivity contribution >= 4 is 34.2 Å². The number of nitrogens with two attached hydrogens (primary N) is 1. The van der Waals surface area contributed by atoms with E-state index in [9.17, 15) is 0 Å². The van der Waals surface area contributed by atoms with E-state index < -0.39 is 0 Å². The highest BCUT2D eigenvalue weighted by Gasteiger charge is 2.13. The van der Waals surface area contributed by atoms with Crippen molar-refractivity contribution in [1.29, 1.82) is 0 Å². The van der Waals surface area contributed by atoms with Gasteiger partial charge in [0.15, 0.2) is 0 Å². The zero-order chi connectivity index (χ0) is 13.8. The Bertz CT molecular complexity index is 581. The number of nitrogens with zero attached hydrogens (tertiary/aromatic N) is 3. The monoisotopic (exact) mass is 295 g/mol. The highest BCUT2D eigenvalue weighted by Crippen LogP contribution is 2.24. The quantitative estimate of drug-likeness (QED) is 0.633. The molecule has 19 heavy (non-hydrogen) atoms. The Morgan fingerprint density at radius 3 is 3.11 bits per heavy atom. The number of aromatic nitrogens is 3. The predicted molar refractivity (Wildman–Crippen MR) is 86.4 cm³/mol. The third-order valence-electron chi connectivity index (χ3n) is 3.03. The molecule has 0 fully saturated rings. The predicted octanol–water partition coefficient (Wildman–Crippen LogP) is 2.24. The summed E-state index contributed by atoms with van der Waals surface area (Å²) in [7, 11) is 3.34. The fourth-order valence-electron chi connectivity index (χ4n) is 2.22. The summed E-state index contributed by atoms with van der Waals surface area (Å²) >= 11 is 0. The highest BCUT2D eigenvalue weighted by atomic mass is 32.0. The van der Waals surface area contributed by atoms with Crippen molar-refractivity contribution in [2.75, 3.05) is 5.73 Å². The third kappa shape index (κ3) is 3.11. The van der Waals surface area contributed by atoms with Gasteiger partial charge in [0, 0.05) is 18.8 Å². The first-order valence-electron chi connectivity index (χ1n) is 6.05. The van der Waals surface area contributed by atoms with E-state index in [1.54, 1.807) is 0 Å². The van der Waals surface area contributed by atoms with E-state index in [0.29, 0.717) is 20.3 Å². The summed E-state index contributed by atoms with van der Waals surface area (Å²) < 4.78 is 2.13. The van der Waals surface area contributed by atoms with Gasteiger partial charge in [-0.05, 0) is 27.3 Å². The Hall–Kier alpha value is -1.02. The molecule has 7 heteroatoms. The summed E-state index contributed by atoms with van der Waals surface area (Å²) in [6.45, 7) is 6.68. The fourth-order valence-corrected chi connectivity index (χ4v) is 3.37. The zero-order valence-corrected chi connectivity index (χ0v) is 13.1. The van der Waals surface area contributed by atoms with Crippen LogP contribution in [0.4, 0.5) is 5.82 Å². The molecule has 2 heterocycles. The number of anilines is 1. The van der Waals surface area contributed by atoms with Crippen LogP contribution in [-0.4, -0.2) is 20.6 Å². The van der Waals surface area contributed by atoms with Gasteiger partial charge in [-0.1, -0.05) is 15.0 Å². The molecule has 2 aromatic rings. The average molecular weight is 295 g/mol. The van der Waals surface area contributed by atoms with Crippen LogP contribution >= 0.6 is 17.3 Å². The molecule has 0 aromatic carbocycles. The van der Waals surface area contributed by atoms with Crippen molar-refractivity contribution in [3.8, 4) is 0 Å². The molecule has 0 aliphatic rings. The molecule has 0 amide bonds. The SMILES string of the molecule is C=CCC(Cn1cc(C)c2c(N)ncnc21)NPP. The molecule has 2 aromatic heterocycles. The number of hydrogen-bond acceptors (Lipinski definition) is 4. The Morgan fingerprint density at radius 1 is 1.63 bits per heavy atom. The topological polar surface area (TPSA) is 68.8 Å². The molecule has 0 aliphatic heterocycles. The lowest BCUT2D eigenvalue weighted by atomic mass is 10.2. The van der Waals surface area contributed by atoms with Crippen LogP contribution in [-0.2, 0) is 6.54 Å². The number of fused-ring (bicyclic) bond motifs is 1. The zero-order valence-electron chi connectivity index (χ0n) is 10.9.